The Morgan fingerprint density at radius 1 is 1.04 bits per heavy atom. The van der Waals surface area contributed by atoms with Crippen LogP contribution in [0.1, 0.15) is 39.5 Å². The Labute approximate surface area is 148 Å². The summed E-state index contributed by atoms with van der Waals surface area (Å²) in [5, 5.41) is 0. The Morgan fingerprint density at radius 2 is 1.64 bits per heavy atom. The number of unbranched alkanes of at least 4 members (excludes halogenated alkanes) is 2. The predicted octanol–water partition coefficient (Wildman–Crippen LogP) is 3.68. The second-order valence-electron chi connectivity index (χ2n) is 5.49. The zero-order valence-electron chi connectivity index (χ0n) is 15.2. The zero-order chi connectivity index (χ0) is 18.7. The lowest BCUT2D eigenvalue weighted by Crippen LogP contribution is -2.14. The van der Waals surface area contributed by atoms with Crippen molar-refractivity contribution in [1.29, 1.82) is 0 Å². The molecule has 0 saturated carbocycles. The van der Waals surface area contributed by atoms with Gasteiger partial charge >= 0.3 is 11.9 Å². The normalized spacial score (nSPS) is 11.8. The Kier molecular flexibility index (Phi) is 9.14. The topological polar surface area (TPSA) is 71.1 Å². The van der Waals surface area contributed by atoms with E-state index in [1.807, 2.05) is 6.92 Å². The van der Waals surface area contributed by atoms with E-state index in [2.05, 4.69) is 6.92 Å². The van der Waals surface area contributed by atoms with Gasteiger partial charge in [-0.05, 0) is 31.9 Å². The molecule has 0 heterocycles. The molecule has 1 atom stereocenters. The van der Waals surface area contributed by atoms with E-state index in [9.17, 15) is 9.59 Å². The predicted molar refractivity (Wildman–Crippen MR) is 94.0 cm³/mol. The van der Waals surface area contributed by atoms with Crippen molar-refractivity contribution in [2.45, 2.75) is 45.6 Å². The number of hydrogen-bond donors (Lipinski definition) is 0. The Balaban J connectivity index is 2.59. The fourth-order valence-corrected chi connectivity index (χ4v) is 2.17. The lowest BCUT2D eigenvalue weighted by Gasteiger charge is -2.12. The first-order valence-corrected chi connectivity index (χ1v) is 8.33. The summed E-state index contributed by atoms with van der Waals surface area (Å²) in [5.41, 5.74) is 0. The summed E-state index contributed by atoms with van der Waals surface area (Å²) in [7, 11) is 2.92. The van der Waals surface area contributed by atoms with E-state index in [0.29, 0.717) is 11.5 Å². The molecule has 0 aromatic heterocycles. The second-order valence-corrected chi connectivity index (χ2v) is 5.49. The number of ether oxygens (including phenoxy) is 4. The SMILES string of the molecule is CCCCCC(C)OC(=O)/C=C/C(=O)Oc1c(OC)cccc1OC. The molecule has 0 bridgehead atoms. The Morgan fingerprint density at radius 3 is 2.20 bits per heavy atom. The highest BCUT2D eigenvalue weighted by Crippen LogP contribution is 2.36. The van der Waals surface area contributed by atoms with Gasteiger partial charge in [0.1, 0.15) is 0 Å². The summed E-state index contributed by atoms with van der Waals surface area (Å²) in [6.45, 7) is 3.95. The molecule has 1 aromatic rings. The Bertz CT molecular complexity index is 571. The van der Waals surface area contributed by atoms with Crippen LogP contribution < -0.4 is 14.2 Å². The summed E-state index contributed by atoms with van der Waals surface area (Å²) >= 11 is 0. The van der Waals surface area contributed by atoms with E-state index >= 15 is 0 Å². The smallest absolute Gasteiger partial charge is 0.336 e. The zero-order valence-corrected chi connectivity index (χ0v) is 15.2. The molecule has 0 fully saturated rings. The maximum Gasteiger partial charge on any atom is 0.336 e. The molecule has 0 saturated heterocycles. The van der Waals surface area contributed by atoms with Gasteiger partial charge in [0.05, 0.1) is 20.3 Å². The van der Waals surface area contributed by atoms with Crippen molar-refractivity contribution < 1.29 is 28.5 Å². The van der Waals surface area contributed by atoms with E-state index in [4.69, 9.17) is 18.9 Å². The van der Waals surface area contributed by atoms with Gasteiger partial charge in [-0.1, -0.05) is 25.8 Å². The van der Waals surface area contributed by atoms with Gasteiger partial charge in [-0.2, -0.15) is 0 Å². The lowest BCUT2D eigenvalue weighted by atomic mass is 10.1. The minimum absolute atomic E-state index is 0.156. The van der Waals surface area contributed by atoms with Crippen LogP contribution in [0.4, 0.5) is 0 Å². The van der Waals surface area contributed by atoms with Crippen molar-refractivity contribution in [3.05, 3.63) is 30.4 Å². The van der Waals surface area contributed by atoms with Crippen LogP contribution in [0.25, 0.3) is 0 Å². The van der Waals surface area contributed by atoms with Crippen molar-refractivity contribution in [3.8, 4) is 17.2 Å². The third-order valence-electron chi connectivity index (χ3n) is 3.47. The molecule has 1 unspecified atom stereocenters. The van der Waals surface area contributed by atoms with Gasteiger partial charge in [0.15, 0.2) is 11.5 Å². The first kappa shape index (κ1) is 20.5. The van der Waals surface area contributed by atoms with Crippen LogP contribution in [0.15, 0.2) is 30.4 Å². The van der Waals surface area contributed by atoms with Crippen molar-refractivity contribution in [2.75, 3.05) is 14.2 Å². The van der Waals surface area contributed by atoms with Crippen molar-refractivity contribution >= 4 is 11.9 Å². The van der Waals surface area contributed by atoms with Crippen LogP contribution in [0.5, 0.6) is 17.2 Å². The summed E-state index contributed by atoms with van der Waals surface area (Å²) in [5.74, 6) is -0.434. The molecule has 6 nitrogen and oxygen atoms in total. The summed E-state index contributed by atoms with van der Waals surface area (Å²) < 4.78 is 20.7. The molecule has 0 amide bonds. The van der Waals surface area contributed by atoms with Gasteiger partial charge in [-0.3, -0.25) is 0 Å². The minimum Gasteiger partial charge on any atom is -0.493 e. The van der Waals surface area contributed by atoms with Crippen LogP contribution in [-0.4, -0.2) is 32.3 Å². The highest BCUT2D eigenvalue weighted by molar-refractivity contribution is 5.93. The third kappa shape index (κ3) is 7.28. The number of carbonyl (C=O) groups is 2. The second kappa shape index (κ2) is 11.1. The standard InChI is InChI=1S/C19H26O6/c1-5-6-7-9-14(2)24-17(20)12-13-18(21)25-19-15(22-3)10-8-11-16(19)23-4/h8,10-14H,5-7,9H2,1-4H3/b13-12+. The Hall–Kier alpha value is -2.50. The molecule has 0 aliphatic rings. The average Bonchev–Trinajstić information content (AvgIpc) is 2.60. The highest BCUT2D eigenvalue weighted by Gasteiger charge is 2.14. The quantitative estimate of drug-likeness (QED) is 0.277. The number of carbonyl (C=O) groups excluding carboxylic acids is 2. The molecule has 138 valence electrons. The largest absolute Gasteiger partial charge is 0.493 e. The summed E-state index contributed by atoms with van der Waals surface area (Å²) in [6, 6.07) is 4.99. The van der Waals surface area contributed by atoms with Gasteiger partial charge < -0.3 is 18.9 Å². The summed E-state index contributed by atoms with van der Waals surface area (Å²) in [6.07, 6.45) is 5.91. The molecule has 0 aliphatic carbocycles. The average molecular weight is 350 g/mol. The third-order valence-corrected chi connectivity index (χ3v) is 3.47. The highest BCUT2D eigenvalue weighted by atomic mass is 16.6. The van der Waals surface area contributed by atoms with Crippen LogP contribution in [-0.2, 0) is 14.3 Å². The maximum atomic E-state index is 11.9. The monoisotopic (exact) mass is 350 g/mol. The van der Waals surface area contributed by atoms with Crippen molar-refractivity contribution in [3.63, 3.8) is 0 Å². The van der Waals surface area contributed by atoms with E-state index < -0.39 is 11.9 Å². The molecular weight excluding hydrogens is 324 g/mol. The van der Waals surface area contributed by atoms with Crippen LogP contribution >= 0.6 is 0 Å². The van der Waals surface area contributed by atoms with Gasteiger partial charge in [0, 0.05) is 12.2 Å². The van der Waals surface area contributed by atoms with E-state index in [0.717, 1.165) is 37.8 Å². The van der Waals surface area contributed by atoms with Gasteiger partial charge in [0.2, 0.25) is 5.75 Å². The fourth-order valence-electron chi connectivity index (χ4n) is 2.17. The molecule has 1 rings (SSSR count). The molecule has 0 spiro atoms. The number of esters is 2. The molecule has 0 N–H and O–H groups in total. The van der Waals surface area contributed by atoms with Crippen LogP contribution in [0.3, 0.4) is 0 Å². The number of hydrogen-bond acceptors (Lipinski definition) is 6. The van der Waals surface area contributed by atoms with Crippen molar-refractivity contribution in [1.82, 2.24) is 0 Å². The maximum absolute atomic E-state index is 11.9. The molecule has 0 radical (unpaired) electrons. The van der Waals surface area contributed by atoms with Gasteiger partial charge in [-0.15, -0.1) is 0 Å². The van der Waals surface area contributed by atoms with Crippen LogP contribution in [0.2, 0.25) is 0 Å². The first-order chi connectivity index (χ1) is 12.0. The van der Waals surface area contributed by atoms with E-state index in [-0.39, 0.29) is 11.9 Å². The molecule has 1 aromatic carbocycles. The number of para-hydroxylation sites is 1. The number of methoxy groups -OCH3 is 2. The summed E-state index contributed by atoms with van der Waals surface area (Å²) in [4.78, 5) is 23.6. The van der Waals surface area contributed by atoms with Crippen molar-refractivity contribution in [2.24, 2.45) is 0 Å². The molecule has 0 aliphatic heterocycles. The first-order valence-electron chi connectivity index (χ1n) is 8.33. The number of rotatable bonds is 10. The van der Waals surface area contributed by atoms with Gasteiger partial charge in [0.25, 0.3) is 0 Å². The molecule has 6 heteroatoms. The fraction of sp³-hybridized carbons (Fsp3) is 0.474. The van der Waals surface area contributed by atoms with Crippen LogP contribution in [0, 0.1) is 0 Å². The molecular formula is C19H26O6. The minimum atomic E-state index is -0.724. The molecule has 25 heavy (non-hydrogen) atoms. The van der Waals surface area contributed by atoms with E-state index in [1.165, 1.54) is 14.2 Å². The van der Waals surface area contributed by atoms with E-state index in [1.54, 1.807) is 18.2 Å². The number of benzene rings is 1. The lowest BCUT2D eigenvalue weighted by molar-refractivity contribution is -0.143. The van der Waals surface area contributed by atoms with Gasteiger partial charge in [-0.25, -0.2) is 9.59 Å².